The van der Waals surface area contributed by atoms with Crippen LogP contribution >= 0.6 is 0 Å². The minimum Gasteiger partial charge on any atom is -0.339 e. The fourth-order valence-electron chi connectivity index (χ4n) is 4.31. The van der Waals surface area contributed by atoms with Crippen LogP contribution in [0.4, 0.5) is 16.4 Å². The summed E-state index contributed by atoms with van der Waals surface area (Å²) in [5, 5.41) is 5.56. The van der Waals surface area contributed by atoms with E-state index in [1.54, 1.807) is 29.4 Å². The van der Waals surface area contributed by atoms with E-state index in [0.717, 1.165) is 31.5 Å². The van der Waals surface area contributed by atoms with Crippen molar-refractivity contribution in [1.82, 2.24) is 25.1 Å². The number of anilines is 2. The number of carbonyl (C=O) groups excluding carboxylic acids is 3. The van der Waals surface area contributed by atoms with E-state index < -0.39 is 6.03 Å². The highest BCUT2D eigenvalue weighted by atomic mass is 16.2. The topological polar surface area (TPSA) is 111 Å². The number of likely N-dealkylation sites (tertiary alicyclic amines) is 1. The van der Waals surface area contributed by atoms with Crippen molar-refractivity contribution < 1.29 is 14.4 Å². The molecule has 0 unspecified atom stereocenters. The molecule has 2 aliphatic heterocycles. The maximum absolute atomic E-state index is 12.9. The Morgan fingerprint density at radius 3 is 2.32 bits per heavy atom. The first-order valence-corrected chi connectivity index (χ1v) is 11.8. The molecule has 2 saturated heterocycles. The molecule has 0 atom stereocenters. The summed E-state index contributed by atoms with van der Waals surface area (Å²) in [4.78, 5) is 52.2. The molecule has 10 nitrogen and oxygen atoms in total. The van der Waals surface area contributed by atoms with Crippen LogP contribution in [-0.4, -0.2) is 83.4 Å². The standard InChI is InChI=1S/C24H31N7O3/c1-18-6-4-7-19(22(33)30-12-2-3-13-30)21(18)28-24(34)27-11-8-20(32)29-14-16-31(17-15-29)23-25-9-5-10-26-23/h4-7,9-10H,2-3,8,11-17H2,1H3,(H2,27,28,34). The quantitative estimate of drug-likeness (QED) is 0.674. The van der Waals surface area contributed by atoms with E-state index in [4.69, 9.17) is 0 Å². The fraction of sp³-hybridized carbons (Fsp3) is 0.458. The highest BCUT2D eigenvalue weighted by Crippen LogP contribution is 2.24. The van der Waals surface area contributed by atoms with Gasteiger partial charge in [-0.25, -0.2) is 14.8 Å². The van der Waals surface area contributed by atoms with Gasteiger partial charge in [-0.1, -0.05) is 12.1 Å². The lowest BCUT2D eigenvalue weighted by Crippen LogP contribution is -2.49. The molecule has 2 fully saturated rings. The van der Waals surface area contributed by atoms with Crippen molar-refractivity contribution in [2.45, 2.75) is 26.2 Å². The second-order valence-electron chi connectivity index (χ2n) is 8.54. The van der Waals surface area contributed by atoms with Crippen LogP contribution in [0.1, 0.15) is 35.2 Å². The summed E-state index contributed by atoms with van der Waals surface area (Å²) in [5.41, 5.74) is 1.83. The molecule has 3 heterocycles. The molecule has 34 heavy (non-hydrogen) atoms. The number of nitrogens with zero attached hydrogens (tertiary/aromatic N) is 5. The van der Waals surface area contributed by atoms with Gasteiger partial charge in [0.1, 0.15) is 0 Å². The summed E-state index contributed by atoms with van der Waals surface area (Å²) < 4.78 is 0. The molecule has 2 aliphatic rings. The molecule has 2 N–H and O–H groups in total. The van der Waals surface area contributed by atoms with Crippen LogP contribution in [0.5, 0.6) is 0 Å². The average Bonchev–Trinajstić information content (AvgIpc) is 3.40. The van der Waals surface area contributed by atoms with Crippen molar-refractivity contribution in [2.75, 3.05) is 56.0 Å². The van der Waals surface area contributed by atoms with Crippen molar-refractivity contribution in [3.8, 4) is 0 Å². The Morgan fingerprint density at radius 2 is 1.62 bits per heavy atom. The molecule has 1 aromatic carbocycles. The van der Waals surface area contributed by atoms with Crippen molar-refractivity contribution >= 4 is 29.5 Å². The number of nitrogens with one attached hydrogen (secondary N) is 2. The molecule has 1 aromatic heterocycles. The number of rotatable bonds is 6. The lowest BCUT2D eigenvalue weighted by Gasteiger charge is -2.34. The van der Waals surface area contributed by atoms with Crippen LogP contribution in [0.3, 0.4) is 0 Å². The molecule has 4 amide bonds. The van der Waals surface area contributed by atoms with E-state index in [2.05, 4.69) is 25.5 Å². The minimum absolute atomic E-state index is 0.00489. The summed E-state index contributed by atoms with van der Waals surface area (Å²) in [6.07, 6.45) is 5.63. The molecular weight excluding hydrogens is 434 g/mol. The number of urea groups is 1. The Balaban J connectivity index is 1.24. The number of hydrogen-bond acceptors (Lipinski definition) is 6. The third-order valence-electron chi connectivity index (χ3n) is 6.23. The van der Waals surface area contributed by atoms with Gasteiger partial charge in [0.25, 0.3) is 5.91 Å². The van der Waals surface area contributed by atoms with E-state index in [9.17, 15) is 14.4 Å². The molecule has 0 saturated carbocycles. The molecule has 0 bridgehead atoms. The number of aromatic nitrogens is 2. The van der Waals surface area contributed by atoms with Crippen LogP contribution in [0.2, 0.25) is 0 Å². The third-order valence-corrected chi connectivity index (χ3v) is 6.23. The predicted octanol–water partition coefficient (Wildman–Crippen LogP) is 1.88. The van der Waals surface area contributed by atoms with Gasteiger partial charge in [0, 0.05) is 64.6 Å². The average molecular weight is 466 g/mol. The van der Waals surface area contributed by atoms with Crippen molar-refractivity contribution in [3.05, 3.63) is 47.8 Å². The Labute approximate surface area is 199 Å². The molecule has 4 rings (SSSR count). The van der Waals surface area contributed by atoms with Gasteiger partial charge in [-0.05, 0) is 37.5 Å². The van der Waals surface area contributed by atoms with Gasteiger partial charge in [-0.15, -0.1) is 0 Å². The largest absolute Gasteiger partial charge is 0.339 e. The van der Waals surface area contributed by atoms with E-state index in [-0.39, 0.29) is 24.8 Å². The molecule has 0 radical (unpaired) electrons. The van der Waals surface area contributed by atoms with Crippen LogP contribution in [0, 0.1) is 6.92 Å². The number of para-hydroxylation sites is 1. The number of aryl methyl sites for hydroxylation is 1. The summed E-state index contributed by atoms with van der Waals surface area (Å²) in [6.45, 7) is 6.09. The van der Waals surface area contributed by atoms with Crippen molar-refractivity contribution in [1.29, 1.82) is 0 Å². The van der Waals surface area contributed by atoms with Crippen LogP contribution < -0.4 is 15.5 Å². The van der Waals surface area contributed by atoms with Crippen molar-refractivity contribution in [3.63, 3.8) is 0 Å². The first kappa shape index (κ1) is 23.5. The predicted molar refractivity (Wildman–Crippen MR) is 129 cm³/mol. The smallest absolute Gasteiger partial charge is 0.319 e. The Bertz CT molecular complexity index is 1020. The van der Waals surface area contributed by atoms with Crippen molar-refractivity contribution in [2.24, 2.45) is 0 Å². The second kappa shape index (κ2) is 11.0. The van der Waals surface area contributed by atoms with E-state index in [1.807, 2.05) is 24.0 Å². The number of carbonyl (C=O) groups is 3. The normalized spacial score (nSPS) is 15.9. The van der Waals surface area contributed by atoms with Gasteiger partial charge in [-0.2, -0.15) is 0 Å². The maximum atomic E-state index is 12.9. The maximum Gasteiger partial charge on any atom is 0.319 e. The summed E-state index contributed by atoms with van der Waals surface area (Å²) >= 11 is 0. The van der Waals surface area contributed by atoms with E-state index >= 15 is 0 Å². The van der Waals surface area contributed by atoms with Gasteiger partial charge < -0.3 is 25.3 Å². The zero-order valence-corrected chi connectivity index (χ0v) is 19.5. The number of amides is 4. The van der Waals surface area contributed by atoms with Gasteiger partial charge in [0.2, 0.25) is 11.9 Å². The molecular formula is C24H31N7O3. The number of piperazine rings is 1. The number of hydrogen-bond donors (Lipinski definition) is 2. The first-order chi connectivity index (χ1) is 16.5. The zero-order valence-electron chi connectivity index (χ0n) is 19.5. The van der Waals surface area contributed by atoms with Crippen LogP contribution in [0.15, 0.2) is 36.7 Å². The summed E-state index contributed by atoms with van der Waals surface area (Å²) in [6, 6.07) is 6.78. The van der Waals surface area contributed by atoms with Crippen LogP contribution in [-0.2, 0) is 4.79 Å². The lowest BCUT2D eigenvalue weighted by atomic mass is 10.1. The minimum atomic E-state index is -0.427. The van der Waals surface area contributed by atoms with Crippen LogP contribution in [0.25, 0.3) is 0 Å². The Hall–Kier alpha value is -3.69. The molecule has 180 valence electrons. The first-order valence-electron chi connectivity index (χ1n) is 11.8. The van der Waals surface area contributed by atoms with Gasteiger partial charge in [0.05, 0.1) is 11.3 Å². The van der Waals surface area contributed by atoms with Gasteiger partial charge >= 0.3 is 6.03 Å². The third kappa shape index (κ3) is 5.62. The molecule has 2 aromatic rings. The lowest BCUT2D eigenvalue weighted by molar-refractivity contribution is -0.131. The van der Waals surface area contributed by atoms with E-state index in [0.29, 0.717) is 43.4 Å². The monoisotopic (exact) mass is 465 g/mol. The molecule has 0 aliphatic carbocycles. The molecule has 0 spiro atoms. The second-order valence-corrected chi connectivity index (χ2v) is 8.54. The van der Waals surface area contributed by atoms with Gasteiger partial charge in [0.15, 0.2) is 0 Å². The van der Waals surface area contributed by atoms with Gasteiger partial charge in [-0.3, -0.25) is 9.59 Å². The SMILES string of the molecule is Cc1cccc(C(=O)N2CCCC2)c1NC(=O)NCCC(=O)N1CCN(c2ncccn2)CC1. The summed E-state index contributed by atoms with van der Waals surface area (Å²) in [7, 11) is 0. The zero-order chi connectivity index (χ0) is 23.9. The summed E-state index contributed by atoms with van der Waals surface area (Å²) in [5.74, 6) is 0.605. The fourth-order valence-corrected chi connectivity index (χ4v) is 4.31. The number of benzene rings is 1. The van der Waals surface area contributed by atoms with E-state index in [1.165, 1.54) is 0 Å². The highest BCUT2D eigenvalue weighted by Gasteiger charge is 2.24. The Morgan fingerprint density at radius 1 is 0.912 bits per heavy atom. The highest BCUT2D eigenvalue weighted by molar-refractivity contribution is 6.04. The molecule has 10 heteroatoms. The Kier molecular flexibility index (Phi) is 7.56.